The summed E-state index contributed by atoms with van der Waals surface area (Å²) in [5.41, 5.74) is 1.99. The first kappa shape index (κ1) is 19.5. The lowest BCUT2D eigenvalue weighted by atomic mass is 9.96. The molecule has 0 fully saturated rings. The van der Waals surface area contributed by atoms with Gasteiger partial charge in [0.25, 0.3) is 0 Å². The Bertz CT molecular complexity index is 899. The van der Waals surface area contributed by atoms with Crippen molar-refractivity contribution in [1.82, 2.24) is 10.4 Å². The fourth-order valence-electron chi connectivity index (χ4n) is 4.39. The predicted octanol–water partition coefficient (Wildman–Crippen LogP) is 3.22. The molecule has 0 bridgehead atoms. The van der Waals surface area contributed by atoms with Gasteiger partial charge in [-0.3, -0.25) is 0 Å². The first-order chi connectivity index (χ1) is 13.2. The summed E-state index contributed by atoms with van der Waals surface area (Å²) >= 11 is 0. The number of ether oxygens (including phenoxy) is 1. The SMILES string of the molecule is CC1(C)C=C(CNCC(O)C2CCc3cc4occc4cc3O2)C(C)(C)N1[O]. The molecular formula is C22H29N2O4. The molecule has 2 aromatic rings. The van der Waals surface area contributed by atoms with Crippen molar-refractivity contribution in [1.29, 1.82) is 0 Å². The minimum atomic E-state index is -0.616. The third-order valence-corrected chi connectivity index (χ3v) is 6.05. The molecule has 3 heterocycles. The van der Waals surface area contributed by atoms with E-state index in [0.29, 0.717) is 13.1 Å². The molecule has 6 nitrogen and oxygen atoms in total. The normalized spacial score (nSPS) is 24.6. The van der Waals surface area contributed by atoms with Crippen LogP contribution in [0.3, 0.4) is 0 Å². The first-order valence-electron chi connectivity index (χ1n) is 9.94. The molecule has 4 rings (SSSR count). The van der Waals surface area contributed by atoms with Gasteiger partial charge in [0, 0.05) is 18.5 Å². The standard InChI is InChI=1S/C22H29N2O4/c1-21(2)11-16(22(3,4)24(21)26)12-23-13-17(25)18-6-5-14-9-19-15(7-8-27-19)10-20(14)28-18/h7-11,17-18,23,25H,5-6,12-13H2,1-4H3. The average molecular weight is 385 g/mol. The van der Waals surface area contributed by atoms with Crippen molar-refractivity contribution in [2.24, 2.45) is 0 Å². The van der Waals surface area contributed by atoms with E-state index in [-0.39, 0.29) is 6.10 Å². The molecule has 2 unspecified atom stereocenters. The zero-order valence-corrected chi connectivity index (χ0v) is 17.0. The van der Waals surface area contributed by atoms with Gasteiger partial charge in [-0.25, -0.2) is 0 Å². The Hall–Kier alpha value is -1.86. The van der Waals surface area contributed by atoms with Gasteiger partial charge >= 0.3 is 0 Å². The molecule has 2 atom stereocenters. The van der Waals surface area contributed by atoms with Crippen LogP contribution in [0.5, 0.6) is 5.75 Å². The van der Waals surface area contributed by atoms with Gasteiger partial charge in [0.05, 0.1) is 17.3 Å². The van der Waals surface area contributed by atoms with E-state index in [1.165, 1.54) is 0 Å². The zero-order chi connectivity index (χ0) is 20.1. The average Bonchev–Trinajstić information content (AvgIpc) is 3.16. The maximum atomic E-state index is 12.5. The van der Waals surface area contributed by atoms with Crippen molar-refractivity contribution >= 4 is 11.0 Å². The second kappa shape index (κ2) is 6.88. The molecule has 2 aliphatic rings. The van der Waals surface area contributed by atoms with Crippen LogP contribution >= 0.6 is 0 Å². The molecule has 0 amide bonds. The first-order valence-corrected chi connectivity index (χ1v) is 9.94. The van der Waals surface area contributed by atoms with E-state index in [4.69, 9.17) is 9.15 Å². The number of fused-ring (bicyclic) bond motifs is 2. The van der Waals surface area contributed by atoms with Gasteiger partial charge in [-0.2, -0.15) is 0 Å². The Morgan fingerprint density at radius 3 is 2.82 bits per heavy atom. The largest absolute Gasteiger partial charge is 0.487 e. The number of hydrogen-bond acceptors (Lipinski definition) is 5. The van der Waals surface area contributed by atoms with E-state index in [0.717, 1.165) is 45.8 Å². The molecule has 2 N–H and O–H groups in total. The zero-order valence-electron chi connectivity index (χ0n) is 17.0. The minimum Gasteiger partial charge on any atom is -0.487 e. The van der Waals surface area contributed by atoms with Crippen LogP contribution in [0.1, 0.15) is 39.7 Å². The quantitative estimate of drug-likeness (QED) is 0.773. The molecule has 1 aromatic carbocycles. The summed E-state index contributed by atoms with van der Waals surface area (Å²) in [5, 5.41) is 28.5. The van der Waals surface area contributed by atoms with Crippen LogP contribution in [-0.4, -0.2) is 46.5 Å². The van der Waals surface area contributed by atoms with Gasteiger partial charge in [0.1, 0.15) is 23.5 Å². The molecular weight excluding hydrogens is 356 g/mol. The van der Waals surface area contributed by atoms with Crippen LogP contribution in [0.2, 0.25) is 0 Å². The Morgan fingerprint density at radius 1 is 1.32 bits per heavy atom. The van der Waals surface area contributed by atoms with Crippen LogP contribution < -0.4 is 10.1 Å². The van der Waals surface area contributed by atoms with E-state index >= 15 is 0 Å². The number of nitrogens with one attached hydrogen (secondary N) is 1. The summed E-state index contributed by atoms with van der Waals surface area (Å²) in [7, 11) is 0. The smallest absolute Gasteiger partial charge is 0.134 e. The number of aliphatic hydroxyl groups is 1. The number of nitrogens with zero attached hydrogens (tertiary/aromatic N) is 1. The Morgan fingerprint density at radius 2 is 2.11 bits per heavy atom. The van der Waals surface area contributed by atoms with Gasteiger partial charge in [-0.15, -0.1) is 10.3 Å². The van der Waals surface area contributed by atoms with Crippen molar-refractivity contribution in [2.75, 3.05) is 13.1 Å². The lowest BCUT2D eigenvalue weighted by Crippen LogP contribution is -2.48. The highest BCUT2D eigenvalue weighted by Gasteiger charge is 2.46. The summed E-state index contributed by atoms with van der Waals surface area (Å²) in [5.74, 6) is 0.826. The molecule has 1 aromatic heterocycles. The van der Waals surface area contributed by atoms with Crippen LogP contribution in [0, 0.1) is 0 Å². The van der Waals surface area contributed by atoms with Gasteiger partial charge in [0.2, 0.25) is 0 Å². The monoisotopic (exact) mass is 385 g/mol. The number of hydrogen-bond donors (Lipinski definition) is 2. The molecule has 151 valence electrons. The van der Waals surface area contributed by atoms with Crippen molar-refractivity contribution < 1.29 is 19.5 Å². The Labute approximate surface area is 165 Å². The topological polar surface area (TPSA) is 77.8 Å². The van der Waals surface area contributed by atoms with E-state index in [1.807, 2.05) is 52.0 Å². The van der Waals surface area contributed by atoms with Crippen LogP contribution in [0.25, 0.3) is 11.0 Å². The fourth-order valence-corrected chi connectivity index (χ4v) is 4.39. The molecule has 1 radical (unpaired) electrons. The van der Waals surface area contributed by atoms with Gasteiger partial charge in [-0.05, 0) is 69.9 Å². The third-order valence-electron chi connectivity index (χ3n) is 6.05. The molecule has 6 heteroatoms. The summed E-state index contributed by atoms with van der Waals surface area (Å²) in [4.78, 5) is 0. The lowest BCUT2D eigenvalue weighted by molar-refractivity contribution is -0.238. The van der Waals surface area contributed by atoms with Gasteiger partial charge < -0.3 is 19.6 Å². The molecule has 0 spiro atoms. The lowest BCUT2D eigenvalue weighted by Gasteiger charge is -2.34. The second-order valence-electron chi connectivity index (χ2n) is 8.99. The number of aryl methyl sites for hydroxylation is 1. The van der Waals surface area contributed by atoms with Gasteiger partial charge in [0.15, 0.2) is 0 Å². The highest BCUT2D eigenvalue weighted by atomic mass is 16.5. The molecule has 0 aliphatic carbocycles. The molecule has 0 saturated carbocycles. The number of rotatable bonds is 5. The summed E-state index contributed by atoms with van der Waals surface area (Å²) in [6.07, 6.45) is 4.46. The van der Waals surface area contributed by atoms with E-state index < -0.39 is 17.2 Å². The highest BCUT2D eigenvalue weighted by molar-refractivity contribution is 5.80. The summed E-state index contributed by atoms with van der Waals surface area (Å²) in [6.45, 7) is 8.72. The summed E-state index contributed by atoms with van der Waals surface area (Å²) in [6, 6.07) is 5.92. The fraction of sp³-hybridized carbons (Fsp3) is 0.545. The maximum absolute atomic E-state index is 12.5. The van der Waals surface area contributed by atoms with Crippen molar-refractivity contribution in [2.45, 2.75) is 63.8 Å². The van der Waals surface area contributed by atoms with E-state index in [2.05, 4.69) is 5.32 Å². The van der Waals surface area contributed by atoms with Crippen molar-refractivity contribution in [3.8, 4) is 5.75 Å². The number of hydroxylamine groups is 2. The minimum absolute atomic E-state index is 0.248. The maximum Gasteiger partial charge on any atom is 0.134 e. The van der Waals surface area contributed by atoms with Crippen molar-refractivity contribution in [3.63, 3.8) is 0 Å². The van der Waals surface area contributed by atoms with Crippen LogP contribution in [0.4, 0.5) is 0 Å². The predicted molar refractivity (Wildman–Crippen MR) is 107 cm³/mol. The van der Waals surface area contributed by atoms with E-state index in [9.17, 15) is 10.3 Å². The van der Waals surface area contributed by atoms with Crippen LogP contribution in [-0.2, 0) is 11.6 Å². The third kappa shape index (κ3) is 3.35. The number of furan rings is 1. The number of benzene rings is 1. The molecule has 2 aliphatic heterocycles. The van der Waals surface area contributed by atoms with Gasteiger partial charge in [-0.1, -0.05) is 6.08 Å². The molecule has 0 saturated heterocycles. The Kier molecular flexibility index (Phi) is 4.78. The number of aliphatic hydroxyl groups excluding tert-OH is 1. The molecule has 28 heavy (non-hydrogen) atoms. The van der Waals surface area contributed by atoms with E-state index in [1.54, 1.807) is 6.26 Å². The Balaban J connectivity index is 1.35. The highest BCUT2D eigenvalue weighted by Crippen LogP contribution is 2.38. The van der Waals surface area contributed by atoms with Crippen molar-refractivity contribution in [3.05, 3.63) is 41.7 Å². The second-order valence-corrected chi connectivity index (χ2v) is 8.99. The summed E-state index contributed by atoms with van der Waals surface area (Å²) < 4.78 is 11.5. The van der Waals surface area contributed by atoms with Crippen LogP contribution in [0.15, 0.2) is 40.5 Å².